The van der Waals surface area contributed by atoms with Crippen LogP contribution in [0.3, 0.4) is 0 Å². The number of rotatable bonds is 6. The van der Waals surface area contributed by atoms with E-state index in [4.69, 9.17) is 9.47 Å². The van der Waals surface area contributed by atoms with Gasteiger partial charge in [0, 0.05) is 22.9 Å². The number of benzene rings is 2. The number of carbonyl (C=O) groups is 2. The van der Waals surface area contributed by atoms with Gasteiger partial charge in [-0.3, -0.25) is 9.59 Å². The van der Waals surface area contributed by atoms with Crippen LogP contribution in [0.1, 0.15) is 22.8 Å². The second kappa shape index (κ2) is 7.97. The van der Waals surface area contributed by atoms with E-state index in [9.17, 15) is 9.59 Å². The number of amides is 1. The van der Waals surface area contributed by atoms with Crippen molar-refractivity contribution in [1.82, 2.24) is 0 Å². The molecule has 0 fully saturated rings. The largest absolute Gasteiger partial charge is 0.493 e. The van der Waals surface area contributed by atoms with Crippen molar-refractivity contribution < 1.29 is 19.1 Å². The minimum atomic E-state index is -0.282. The number of Topliss-reactive ketones (excluding diaryl/α,β-unsaturated/α-hetero) is 1. The first-order valence-corrected chi connectivity index (χ1v) is 7.36. The van der Waals surface area contributed by atoms with Gasteiger partial charge in [0.2, 0.25) is 5.91 Å². The monoisotopic (exact) mass is 325 g/mol. The van der Waals surface area contributed by atoms with E-state index >= 15 is 0 Å². The Morgan fingerprint density at radius 1 is 1.00 bits per heavy atom. The van der Waals surface area contributed by atoms with Crippen molar-refractivity contribution in [1.29, 1.82) is 0 Å². The Kier molecular flexibility index (Phi) is 5.73. The highest BCUT2D eigenvalue weighted by atomic mass is 16.5. The van der Waals surface area contributed by atoms with Crippen LogP contribution in [-0.2, 0) is 4.79 Å². The normalized spacial score (nSPS) is 10.5. The predicted molar refractivity (Wildman–Crippen MR) is 93.7 cm³/mol. The summed E-state index contributed by atoms with van der Waals surface area (Å²) >= 11 is 0. The van der Waals surface area contributed by atoms with Crippen LogP contribution in [0.4, 0.5) is 5.69 Å². The maximum Gasteiger partial charge on any atom is 0.248 e. The van der Waals surface area contributed by atoms with Crippen LogP contribution in [0.2, 0.25) is 0 Å². The lowest BCUT2D eigenvalue weighted by molar-refractivity contribution is -0.111. The summed E-state index contributed by atoms with van der Waals surface area (Å²) in [5, 5.41) is 2.74. The predicted octanol–water partition coefficient (Wildman–Crippen LogP) is 3.56. The molecular formula is C19H19NO4. The Labute approximate surface area is 140 Å². The first-order valence-electron chi connectivity index (χ1n) is 7.36. The molecule has 2 aromatic carbocycles. The lowest BCUT2D eigenvalue weighted by Gasteiger charge is -2.09. The molecule has 0 saturated carbocycles. The fourth-order valence-corrected chi connectivity index (χ4v) is 2.18. The first kappa shape index (κ1) is 17.3. The minimum Gasteiger partial charge on any atom is -0.493 e. The lowest BCUT2D eigenvalue weighted by atomic mass is 10.1. The third-order valence-electron chi connectivity index (χ3n) is 3.41. The molecule has 2 rings (SSSR count). The molecule has 0 heterocycles. The van der Waals surface area contributed by atoms with Crippen molar-refractivity contribution >= 4 is 23.5 Å². The maximum absolute atomic E-state index is 12.0. The van der Waals surface area contributed by atoms with Crippen LogP contribution in [-0.4, -0.2) is 25.9 Å². The maximum atomic E-state index is 12.0. The van der Waals surface area contributed by atoms with Gasteiger partial charge >= 0.3 is 0 Å². The first-order chi connectivity index (χ1) is 11.5. The molecule has 24 heavy (non-hydrogen) atoms. The number of carbonyl (C=O) groups excluding carboxylic acids is 2. The molecule has 0 spiro atoms. The number of ketones is 1. The van der Waals surface area contributed by atoms with E-state index in [1.165, 1.54) is 13.0 Å². The molecular weight excluding hydrogens is 306 g/mol. The standard InChI is InChI=1S/C19H19NO4/c1-13(21)14-7-10-16(11-8-14)20-18(22)12-9-15-5-4-6-17(23-2)19(15)24-3/h4-12H,1-3H3,(H,20,22)/b12-9+. The van der Waals surface area contributed by atoms with Crippen LogP contribution in [0.5, 0.6) is 11.5 Å². The molecule has 0 bridgehead atoms. The quantitative estimate of drug-likeness (QED) is 0.651. The van der Waals surface area contributed by atoms with Crippen LogP contribution in [0.25, 0.3) is 6.08 Å². The molecule has 0 radical (unpaired) electrons. The second-order valence-electron chi connectivity index (χ2n) is 5.04. The highest BCUT2D eigenvalue weighted by Gasteiger charge is 2.07. The molecule has 5 heteroatoms. The molecule has 1 amide bonds. The summed E-state index contributed by atoms with van der Waals surface area (Å²) < 4.78 is 10.5. The molecule has 1 N–H and O–H groups in total. The number of hydrogen-bond acceptors (Lipinski definition) is 4. The number of ether oxygens (including phenoxy) is 2. The summed E-state index contributed by atoms with van der Waals surface area (Å²) in [7, 11) is 3.11. The zero-order valence-corrected chi connectivity index (χ0v) is 13.8. The van der Waals surface area contributed by atoms with E-state index in [0.29, 0.717) is 22.7 Å². The van der Waals surface area contributed by atoms with Crippen LogP contribution in [0.15, 0.2) is 48.5 Å². The number of para-hydroxylation sites is 1. The molecule has 0 aliphatic carbocycles. The van der Waals surface area contributed by atoms with Gasteiger partial charge in [0.25, 0.3) is 0 Å². The summed E-state index contributed by atoms with van der Waals surface area (Å²) in [6.45, 7) is 1.50. The Morgan fingerprint density at radius 2 is 1.71 bits per heavy atom. The van der Waals surface area contributed by atoms with Gasteiger partial charge in [0.1, 0.15) is 0 Å². The average molecular weight is 325 g/mol. The third kappa shape index (κ3) is 4.23. The second-order valence-corrected chi connectivity index (χ2v) is 5.04. The minimum absolute atomic E-state index is 0.0158. The SMILES string of the molecule is COc1cccc(/C=C/C(=O)Nc2ccc(C(C)=O)cc2)c1OC. The molecule has 0 saturated heterocycles. The van der Waals surface area contributed by atoms with E-state index in [1.807, 2.05) is 12.1 Å². The van der Waals surface area contributed by atoms with Gasteiger partial charge in [0.05, 0.1) is 14.2 Å². The molecule has 5 nitrogen and oxygen atoms in total. The van der Waals surface area contributed by atoms with Gasteiger partial charge in [-0.25, -0.2) is 0 Å². The van der Waals surface area contributed by atoms with E-state index < -0.39 is 0 Å². The van der Waals surface area contributed by atoms with Gasteiger partial charge in [-0.1, -0.05) is 12.1 Å². The van der Waals surface area contributed by atoms with Gasteiger partial charge in [-0.15, -0.1) is 0 Å². The van der Waals surface area contributed by atoms with E-state index in [2.05, 4.69) is 5.32 Å². The van der Waals surface area contributed by atoms with Gasteiger partial charge in [-0.05, 0) is 43.3 Å². The summed E-state index contributed by atoms with van der Waals surface area (Å²) in [4.78, 5) is 23.3. The van der Waals surface area contributed by atoms with E-state index in [0.717, 1.165) is 5.56 Å². The average Bonchev–Trinajstić information content (AvgIpc) is 2.59. The molecule has 0 aliphatic rings. The highest BCUT2D eigenvalue weighted by Crippen LogP contribution is 2.31. The van der Waals surface area contributed by atoms with Crippen molar-refractivity contribution in [2.75, 3.05) is 19.5 Å². The van der Waals surface area contributed by atoms with E-state index in [1.54, 1.807) is 50.6 Å². The van der Waals surface area contributed by atoms with Crippen molar-refractivity contribution in [3.8, 4) is 11.5 Å². The fourth-order valence-electron chi connectivity index (χ4n) is 2.18. The smallest absolute Gasteiger partial charge is 0.248 e. The summed E-state index contributed by atoms with van der Waals surface area (Å²) in [5.41, 5.74) is 1.95. The molecule has 0 aromatic heterocycles. The Morgan fingerprint density at radius 3 is 2.29 bits per heavy atom. The van der Waals surface area contributed by atoms with Gasteiger partial charge in [0.15, 0.2) is 17.3 Å². The number of nitrogens with one attached hydrogen (secondary N) is 1. The molecule has 0 unspecified atom stereocenters. The van der Waals surface area contributed by atoms with E-state index in [-0.39, 0.29) is 11.7 Å². The lowest BCUT2D eigenvalue weighted by Crippen LogP contribution is -2.08. The molecule has 124 valence electrons. The molecule has 2 aromatic rings. The third-order valence-corrected chi connectivity index (χ3v) is 3.41. The zero-order valence-electron chi connectivity index (χ0n) is 13.8. The van der Waals surface area contributed by atoms with Crippen LogP contribution >= 0.6 is 0 Å². The Hall–Kier alpha value is -3.08. The number of anilines is 1. The van der Waals surface area contributed by atoms with Crippen molar-refractivity contribution in [2.24, 2.45) is 0 Å². The summed E-state index contributed by atoms with van der Waals surface area (Å²) in [6.07, 6.45) is 3.07. The topological polar surface area (TPSA) is 64.6 Å². The molecule has 0 aliphatic heterocycles. The Bertz CT molecular complexity index is 763. The van der Waals surface area contributed by atoms with Crippen LogP contribution in [0, 0.1) is 0 Å². The number of methoxy groups -OCH3 is 2. The molecule has 0 atom stereocenters. The van der Waals surface area contributed by atoms with Gasteiger partial charge in [-0.2, -0.15) is 0 Å². The fraction of sp³-hybridized carbons (Fsp3) is 0.158. The van der Waals surface area contributed by atoms with Crippen molar-refractivity contribution in [2.45, 2.75) is 6.92 Å². The van der Waals surface area contributed by atoms with Crippen molar-refractivity contribution in [3.63, 3.8) is 0 Å². The van der Waals surface area contributed by atoms with Gasteiger partial charge < -0.3 is 14.8 Å². The summed E-state index contributed by atoms with van der Waals surface area (Å²) in [6, 6.07) is 12.2. The summed E-state index contributed by atoms with van der Waals surface area (Å²) in [5.74, 6) is 0.864. The zero-order chi connectivity index (χ0) is 17.5. The van der Waals surface area contributed by atoms with Crippen LogP contribution < -0.4 is 14.8 Å². The number of hydrogen-bond donors (Lipinski definition) is 1. The Balaban J connectivity index is 2.09. The highest BCUT2D eigenvalue weighted by molar-refractivity contribution is 6.02. The van der Waals surface area contributed by atoms with Crippen molar-refractivity contribution in [3.05, 3.63) is 59.7 Å².